The normalized spacial score (nSPS) is 14.2. The average molecular weight is 468 g/mol. The summed E-state index contributed by atoms with van der Waals surface area (Å²) in [5.41, 5.74) is 7.44. The molecule has 1 aliphatic rings. The van der Waals surface area contributed by atoms with Crippen molar-refractivity contribution in [1.82, 2.24) is 24.3 Å². The highest BCUT2D eigenvalue weighted by Gasteiger charge is 2.17. The molecule has 0 bridgehead atoms. The zero-order valence-electron chi connectivity index (χ0n) is 20.5. The molecule has 1 aliphatic heterocycles. The molecule has 5 aromatic rings. The number of aryl methyl sites for hydroxylation is 4. The molecule has 0 aliphatic carbocycles. The van der Waals surface area contributed by atoms with E-state index in [2.05, 4.69) is 76.3 Å². The number of aromatic nitrogens is 5. The molecule has 8 heteroatoms. The van der Waals surface area contributed by atoms with Crippen LogP contribution in [0.1, 0.15) is 11.4 Å². The van der Waals surface area contributed by atoms with E-state index < -0.39 is 0 Å². The monoisotopic (exact) mass is 467 g/mol. The van der Waals surface area contributed by atoms with E-state index in [0.717, 1.165) is 52.4 Å². The molecule has 1 fully saturated rings. The Morgan fingerprint density at radius 1 is 0.886 bits per heavy atom. The van der Waals surface area contributed by atoms with Crippen LogP contribution in [0.4, 0.5) is 17.5 Å². The van der Waals surface area contributed by atoms with Gasteiger partial charge in [-0.2, -0.15) is 10.1 Å². The first-order chi connectivity index (χ1) is 17.0. The number of benzene rings is 2. The minimum atomic E-state index is 0.681. The Hall–Kier alpha value is -3.91. The van der Waals surface area contributed by atoms with E-state index in [1.807, 2.05) is 24.7 Å². The number of ether oxygens (including phenoxy) is 1. The molecule has 2 aromatic carbocycles. The van der Waals surface area contributed by atoms with Crippen molar-refractivity contribution in [3.05, 3.63) is 59.9 Å². The van der Waals surface area contributed by atoms with Crippen molar-refractivity contribution in [2.45, 2.75) is 13.8 Å². The summed E-state index contributed by atoms with van der Waals surface area (Å²) in [4.78, 5) is 12.0. The van der Waals surface area contributed by atoms with Gasteiger partial charge in [0.2, 0.25) is 5.95 Å². The van der Waals surface area contributed by atoms with Crippen LogP contribution in [-0.2, 0) is 18.8 Å². The van der Waals surface area contributed by atoms with Gasteiger partial charge in [-0.25, -0.2) is 4.98 Å². The van der Waals surface area contributed by atoms with Crippen LogP contribution < -0.4 is 10.2 Å². The summed E-state index contributed by atoms with van der Waals surface area (Å²) in [5, 5.41) is 10.5. The second-order valence-electron chi connectivity index (χ2n) is 9.22. The molecule has 0 spiro atoms. The van der Waals surface area contributed by atoms with E-state index in [0.29, 0.717) is 19.2 Å². The van der Waals surface area contributed by atoms with Crippen LogP contribution in [-0.4, -0.2) is 50.6 Å². The molecule has 35 heavy (non-hydrogen) atoms. The van der Waals surface area contributed by atoms with Crippen molar-refractivity contribution in [2.75, 3.05) is 36.5 Å². The van der Waals surface area contributed by atoms with Crippen molar-refractivity contribution < 1.29 is 4.74 Å². The van der Waals surface area contributed by atoms with E-state index in [-0.39, 0.29) is 0 Å². The van der Waals surface area contributed by atoms with E-state index in [1.54, 1.807) is 0 Å². The second kappa shape index (κ2) is 8.39. The largest absolute Gasteiger partial charge is 0.378 e. The molecule has 3 aromatic heterocycles. The van der Waals surface area contributed by atoms with Gasteiger partial charge in [0.05, 0.1) is 35.6 Å². The van der Waals surface area contributed by atoms with Gasteiger partial charge in [0.15, 0.2) is 0 Å². The predicted octanol–water partition coefficient (Wildman–Crippen LogP) is 4.72. The SMILES string of the molecule is Cc1nn(C)c2cc(-c3cc(Nc4ccc5cc(C)n(C)c5c4)nc(N4CCOCC4)n3)ccc12. The van der Waals surface area contributed by atoms with Gasteiger partial charge in [0.1, 0.15) is 5.82 Å². The summed E-state index contributed by atoms with van der Waals surface area (Å²) in [6, 6.07) is 17.0. The van der Waals surface area contributed by atoms with Crippen LogP contribution >= 0.6 is 0 Å². The molecule has 0 unspecified atom stereocenters. The topological polar surface area (TPSA) is 73.0 Å². The first-order valence-electron chi connectivity index (χ1n) is 11.9. The maximum absolute atomic E-state index is 5.55. The average Bonchev–Trinajstić information content (AvgIpc) is 3.33. The lowest BCUT2D eigenvalue weighted by Gasteiger charge is -2.27. The third-order valence-corrected chi connectivity index (χ3v) is 6.90. The number of fused-ring (bicyclic) bond motifs is 2. The summed E-state index contributed by atoms with van der Waals surface area (Å²) in [5.74, 6) is 1.48. The minimum Gasteiger partial charge on any atom is -0.378 e. The van der Waals surface area contributed by atoms with Gasteiger partial charge in [0.25, 0.3) is 0 Å². The smallest absolute Gasteiger partial charge is 0.228 e. The molecule has 0 amide bonds. The Balaban J connectivity index is 1.43. The summed E-state index contributed by atoms with van der Waals surface area (Å²) in [6.07, 6.45) is 0. The Morgan fingerprint density at radius 3 is 2.54 bits per heavy atom. The number of hydrogen-bond acceptors (Lipinski definition) is 6. The van der Waals surface area contributed by atoms with Gasteiger partial charge in [-0.1, -0.05) is 18.2 Å². The third-order valence-electron chi connectivity index (χ3n) is 6.90. The molecule has 8 nitrogen and oxygen atoms in total. The molecule has 0 atom stereocenters. The molecule has 0 saturated carbocycles. The fourth-order valence-electron chi connectivity index (χ4n) is 4.84. The minimum absolute atomic E-state index is 0.681. The van der Waals surface area contributed by atoms with Gasteiger partial charge in [-0.05, 0) is 43.5 Å². The van der Waals surface area contributed by atoms with E-state index in [4.69, 9.17) is 14.7 Å². The second-order valence-corrected chi connectivity index (χ2v) is 9.22. The quantitative estimate of drug-likeness (QED) is 0.412. The van der Waals surface area contributed by atoms with Crippen molar-refractivity contribution >= 4 is 39.3 Å². The van der Waals surface area contributed by atoms with E-state index in [1.165, 1.54) is 16.6 Å². The molecule has 1 saturated heterocycles. The van der Waals surface area contributed by atoms with Gasteiger partial charge in [0, 0.05) is 55.6 Å². The molecule has 6 rings (SSSR count). The molecule has 178 valence electrons. The summed E-state index contributed by atoms with van der Waals surface area (Å²) in [7, 11) is 4.07. The highest BCUT2D eigenvalue weighted by molar-refractivity contribution is 5.87. The Morgan fingerprint density at radius 2 is 1.71 bits per heavy atom. The zero-order valence-corrected chi connectivity index (χ0v) is 20.5. The number of nitrogens with one attached hydrogen (secondary N) is 1. The molecule has 0 radical (unpaired) electrons. The van der Waals surface area contributed by atoms with E-state index >= 15 is 0 Å². The number of morpholine rings is 1. The number of anilines is 3. The summed E-state index contributed by atoms with van der Waals surface area (Å²) in [6.45, 7) is 7.07. The van der Waals surface area contributed by atoms with Crippen molar-refractivity contribution in [2.24, 2.45) is 14.1 Å². The number of hydrogen-bond donors (Lipinski definition) is 1. The van der Waals surface area contributed by atoms with Gasteiger partial charge < -0.3 is 19.5 Å². The summed E-state index contributed by atoms with van der Waals surface area (Å²) < 4.78 is 9.68. The van der Waals surface area contributed by atoms with Gasteiger partial charge in [-0.3, -0.25) is 4.68 Å². The molecule has 4 heterocycles. The maximum Gasteiger partial charge on any atom is 0.228 e. The first kappa shape index (κ1) is 21.6. The molecular weight excluding hydrogens is 438 g/mol. The van der Waals surface area contributed by atoms with Crippen LogP contribution in [0.25, 0.3) is 33.1 Å². The number of nitrogens with zero attached hydrogens (tertiary/aromatic N) is 6. The van der Waals surface area contributed by atoms with Crippen molar-refractivity contribution in [1.29, 1.82) is 0 Å². The van der Waals surface area contributed by atoms with Gasteiger partial charge in [-0.15, -0.1) is 0 Å². The maximum atomic E-state index is 5.55. The van der Waals surface area contributed by atoms with Crippen molar-refractivity contribution in [3.63, 3.8) is 0 Å². The molecular formula is C27H29N7O. The van der Waals surface area contributed by atoms with Crippen LogP contribution in [0.2, 0.25) is 0 Å². The van der Waals surface area contributed by atoms with Crippen LogP contribution in [0.5, 0.6) is 0 Å². The third kappa shape index (κ3) is 3.89. The fourth-order valence-corrected chi connectivity index (χ4v) is 4.84. The lowest BCUT2D eigenvalue weighted by molar-refractivity contribution is 0.122. The first-order valence-corrected chi connectivity index (χ1v) is 11.9. The lowest BCUT2D eigenvalue weighted by Crippen LogP contribution is -2.37. The Kier molecular flexibility index (Phi) is 5.18. The zero-order chi connectivity index (χ0) is 24.1. The standard InChI is InChI=1S/C27H29N7O/c1-17-13-20-5-7-21(15-24(20)32(17)3)28-26-16-23(29-27(30-26)34-9-11-35-12-10-34)19-6-8-22-18(2)31-33(4)25(22)14-19/h5-8,13-16H,9-12H2,1-4H3,(H,28,29,30). The van der Waals surface area contributed by atoms with Crippen LogP contribution in [0, 0.1) is 13.8 Å². The molecule has 1 N–H and O–H groups in total. The van der Waals surface area contributed by atoms with Crippen molar-refractivity contribution in [3.8, 4) is 11.3 Å². The Bertz CT molecular complexity index is 1560. The number of rotatable bonds is 4. The fraction of sp³-hybridized carbons (Fsp3) is 0.296. The lowest BCUT2D eigenvalue weighted by atomic mass is 10.1. The van der Waals surface area contributed by atoms with Crippen LogP contribution in [0.3, 0.4) is 0 Å². The van der Waals surface area contributed by atoms with E-state index in [9.17, 15) is 0 Å². The predicted molar refractivity (Wildman–Crippen MR) is 140 cm³/mol. The van der Waals surface area contributed by atoms with Crippen LogP contribution in [0.15, 0.2) is 48.5 Å². The highest BCUT2D eigenvalue weighted by atomic mass is 16.5. The highest BCUT2D eigenvalue weighted by Crippen LogP contribution is 2.30. The van der Waals surface area contributed by atoms with Gasteiger partial charge >= 0.3 is 0 Å². The Labute approximate surface area is 204 Å². The summed E-state index contributed by atoms with van der Waals surface area (Å²) >= 11 is 0.